The molecule has 114 valence electrons. The molecule has 7 heteroatoms. The van der Waals surface area contributed by atoms with Gasteiger partial charge in [-0.15, -0.1) is 0 Å². The second-order valence-electron chi connectivity index (χ2n) is 5.05. The molecule has 0 aliphatic carbocycles. The van der Waals surface area contributed by atoms with Gasteiger partial charge in [0.15, 0.2) is 0 Å². The number of nitrogens with one attached hydrogen (secondary N) is 2. The van der Waals surface area contributed by atoms with Crippen LogP contribution in [0.4, 0.5) is 0 Å². The second kappa shape index (κ2) is 7.21. The molecule has 6 nitrogen and oxygen atoms in total. The minimum Gasteiger partial charge on any atom is -0.447 e. The van der Waals surface area contributed by atoms with Gasteiger partial charge in [0.2, 0.25) is 5.09 Å². The highest BCUT2D eigenvalue weighted by Gasteiger charge is 2.18. The maximum absolute atomic E-state index is 12.0. The van der Waals surface area contributed by atoms with E-state index in [1.54, 1.807) is 13.1 Å². The molecule has 0 bridgehead atoms. The van der Waals surface area contributed by atoms with Gasteiger partial charge in [0.1, 0.15) is 5.76 Å². The van der Waals surface area contributed by atoms with Gasteiger partial charge in [-0.1, -0.05) is 0 Å². The Hall–Kier alpha value is -0.890. The maximum Gasteiger partial charge on any atom is 0.273 e. The van der Waals surface area contributed by atoms with Crippen molar-refractivity contribution in [2.75, 3.05) is 33.2 Å². The van der Waals surface area contributed by atoms with Crippen LogP contribution in [-0.4, -0.2) is 46.5 Å². The Balaban J connectivity index is 1.77. The molecule has 2 rings (SSSR count). The highest BCUT2D eigenvalue weighted by molar-refractivity contribution is 7.89. The summed E-state index contributed by atoms with van der Waals surface area (Å²) in [5.74, 6) is 0.616. The van der Waals surface area contributed by atoms with Crippen LogP contribution in [0.2, 0.25) is 0 Å². The van der Waals surface area contributed by atoms with Gasteiger partial charge in [-0.05, 0) is 58.1 Å². The fourth-order valence-electron chi connectivity index (χ4n) is 2.36. The molecule has 1 fully saturated rings. The summed E-state index contributed by atoms with van der Waals surface area (Å²) in [5, 5.41) is 2.91. The lowest BCUT2D eigenvalue weighted by molar-refractivity contribution is 0.334. The van der Waals surface area contributed by atoms with E-state index in [1.165, 1.54) is 18.9 Å². The fourth-order valence-corrected chi connectivity index (χ4v) is 3.38. The number of nitrogens with zero attached hydrogens (tertiary/aromatic N) is 1. The van der Waals surface area contributed by atoms with Gasteiger partial charge in [-0.25, -0.2) is 13.1 Å². The molecule has 2 heterocycles. The van der Waals surface area contributed by atoms with E-state index in [0.29, 0.717) is 18.8 Å². The molecule has 1 aliphatic rings. The quantitative estimate of drug-likeness (QED) is 0.694. The number of likely N-dealkylation sites (tertiary alicyclic amines) is 1. The fraction of sp³-hybridized carbons (Fsp3) is 0.692. The van der Waals surface area contributed by atoms with E-state index in [9.17, 15) is 8.42 Å². The Kier molecular flexibility index (Phi) is 5.59. The Morgan fingerprint density at radius 3 is 2.75 bits per heavy atom. The first-order valence-electron chi connectivity index (χ1n) is 7.07. The summed E-state index contributed by atoms with van der Waals surface area (Å²) >= 11 is 0. The van der Waals surface area contributed by atoms with Crippen LogP contribution in [-0.2, 0) is 16.6 Å². The maximum atomic E-state index is 12.0. The molecule has 0 atom stereocenters. The molecule has 1 aromatic heterocycles. The van der Waals surface area contributed by atoms with Gasteiger partial charge in [-0.2, -0.15) is 0 Å². The third-order valence-electron chi connectivity index (χ3n) is 3.39. The van der Waals surface area contributed by atoms with Crippen LogP contribution in [0.15, 0.2) is 21.6 Å². The molecule has 0 saturated carbocycles. The molecular weight excluding hydrogens is 278 g/mol. The minimum absolute atomic E-state index is 0.0103. The van der Waals surface area contributed by atoms with Crippen molar-refractivity contribution in [3.05, 3.63) is 17.9 Å². The third kappa shape index (κ3) is 4.31. The van der Waals surface area contributed by atoms with E-state index in [1.807, 2.05) is 0 Å². The zero-order valence-corrected chi connectivity index (χ0v) is 12.7. The Morgan fingerprint density at radius 1 is 1.30 bits per heavy atom. The van der Waals surface area contributed by atoms with Crippen molar-refractivity contribution in [3.63, 3.8) is 0 Å². The molecule has 20 heavy (non-hydrogen) atoms. The zero-order valence-electron chi connectivity index (χ0n) is 11.9. The molecular formula is C13H23N3O3S. The lowest BCUT2D eigenvalue weighted by atomic mass is 10.4. The zero-order chi connectivity index (χ0) is 14.4. The standard InChI is InChI=1S/C13H23N3O3S/c1-14-11-12-5-6-13(19-12)20(17,18)15-7-4-10-16-8-2-3-9-16/h5-6,14-15H,2-4,7-11H2,1H3. The Bertz CT molecular complexity index is 507. The van der Waals surface area contributed by atoms with Gasteiger partial charge in [0, 0.05) is 6.54 Å². The first kappa shape index (κ1) is 15.5. The van der Waals surface area contributed by atoms with Gasteiger partial charge >= 0.3 is 0 Å². The van der Waals surface area contributed by atoms with Crippen molar-refractivity contribution >= 4 is 10.0 Å². The van der Waals surface area contributed by atoms with E-state index in [0.717, 1.165) is 26.1 Å². The van der Waals surface area contributed by atoms with Crippen LogP contribution >= 0.6 is 0 Å². The van der Waals surface area contributed by atoms with E-state index in [2.05, 4.69) is 14.9 Å². The normalized spacial score (nSPS) is 16.9. The van der Waals surface area contributed by atoms with Crippen molar-refractivity contribution in [1.82, 2.24) is 14.9 Å². The predicted molar refractivity (Wildman–Crippen MR) is 77.0 cm³/mol. The van der Waals surface area contributed by atoms with Crippen LogP contribution in [0.5, 0.6) is 0 Å². The van der Waals surface area contributed by atoms with Crippen LogP contribution in [0.25, 0.3) is 0 Å². The average Bonchev–Trinajstić information content (AvgIpc) is 3.06. The van der Waals surface area contributed by atoms with Gasteiger partial charge in [0.25, 0.3) is 10.0 Å². The average molecular weight is 301 g/mol. The molecule has 0 amide bonds. The van der Waals surface area contributed by atoms with Gasteiger partial charge in [-0.3, -0.25) is 0 Å². The SMILES string of the molecule is CNCc1ccc(S(=O)(=O)NCCCN2CCCC2)o1. The molecule has 1 aromatic rings. The number of sulfonamides is 1. The highest BCUT2D eigenvalue weighted by atomic mass is 32.2. The van der Waals surface area contributed by atoms with Crippen LogP contribution < -0.4 is 10.0 Å². The molecule has 0 radical (unpaired) electrons. The summed E-state index contributed by atoms with van der Waals surface area (Å²) in [6.45, 7) is 4.19. The largest absolute Gasteiger partial charge is 0.447 e. The predicted octanol–water partition coefficient (Wildman–Crippen LogP) is 0.763. The summed E-state index contributed by atoms with van der Waals surface area (Å²) in [7, 11) is -1.73. The summed E-state index contributed by atoms with van der Waals surface area (Å²) in [4.78, 5) is 2.37. The first-order valence-corrected chi connectivity index (χ1v) is 8.55. The molecule has 1 aliphatic heterocycles. The number of rotatable bonds is 8. The molecule has 0 unspecified atom stereocenters. The molecule has 1 saturated heterocycles. The highest BCUT2D eigenvalue weighted by Crippen LogP contribution is 2.13. The summed E-state index contributed by atoms with van der Waals surface area (Å²) in [6, 6.07) is 3.17. The van der Waals surface area contributed by atoms with Crippen molar-refractivity contribution in [2.45, 2.75) is 30.9 Å². The summed E-state index contributed by atoms with van der Waals surface area (Å²) in [6.07, 6.45) is 3.34. The van der Waals surface area contributed by atoms with Crippen molar-refractivity contribution < 1.29 is 12.8 Å². The molecule has 0 aromatic carbocycles. The second-order valence-corrected chi connectivity index (χ2v) is 6.75. The number of hydrogen-bond donors (Lipinski definition) is 2. The minimum atomic E-state index is -3.52. The lowest BCUT2D eigenvalue weighted by Crippen LogP contribution is -2.28. The van der Waals surface area contributed by atoms with Gasteiger partial charge < -0.3 is 14.6 Å². The van der Waals surface area contributed by atoms with E-state index in [4.69, 9.17) is 4.42 Å². The lowest BCUT2D eigenvalue weighted by Gasteiger charge is -2.13. The van der Waals surface area contributed by atoms with Crippen LogP contribution in [0.1, 0.15) is 25.0 Å². The number of furan rings is 1. The third-order valence-corrected chi connectivity index (χ3v) is 4.73. The van der Waals surface area contributed by atoms with Crippen molar-refractivity contribution in [3.8, 4) is 0 Å². The Labute approximate surface area is 120 Å². The Morgan fingerprint density at radius 2 is 2.05 bits per heavy atom. The first-order chi connectivity index (χ1) is 9.62. The van der Waals surface area contributed by atoms with E-state index in [-0.39, 0.29) is 5.09 Å². The molecule has 2 N–H and O–H groups in total. The van der Waals surface area contributed by atoms with Crippen molar-refractivity contribution in [2.24, 2.45) is 0 Å². The smallest absolute Gasteiger partial charge is 0.273 e. The monoisotopic (exact) mass is 301 g/mol. The molecule has 0 spiro atoms. The van der Waals surface area contributed by atoms with Crippen molar-refractivity contribution in [1.29, 1.82) is 0 Å². The van der Waals surface area contributed by atoms with Gasteiger partial charge in [0.05, 0.1) is 6.54 Å². The summed E-state index contributed by atoms with van der Waals surface area (Å²) in [5.41, 5.74) is 0. The van der Waals surface area contributed by atoms with Crippen LogP contribution in [0.3, 0.4) is 0 Å². The van der Waals surface area contributed by atoms with Crippen LogP contribution in [0, 0.1) is 0 Å². The number of hydrogen-bond acceptors (Lipinski definition) is 5. The van der Waals surface area contributed by atoms with E-state index < -0.39 is 10.0 Å². The topological polar surface area (TPSA) is 74.6 Å². The van der Waals surface area contributed by atoms with E-state index >= 15 is 0 Å². The summed E-state index contributed by atoms with van der Waals surface area (Å²) < 4.78 is 31.9.